The van der Waals surface area contributed by atoms with E-state index in [9.17, 15) is 0 Å². The maximum Gasteiger partial charge on any atom is 0.161 e. The topological polar surface area (TPSA) is 31.4 Å². The number of hydrogen-bond acceptors (Lipinski definition) is 4. The first-order chi connectivity index (χ1) is 10.9. The van der Waals surface area contributed by atoms with E-state index in [4.69, 9.17) is 9.47 Å². The quantitative estimate of drug-likeness (QED) is 0.680. The van der Waals surface area contributed by atoms with Gasteiger partial charge in [0.05, 0.1) is 5.52 Å². The monoisotopic (exact) mass is 309 g/mol. The molecule has 0 radical (unpaired) electrons. The molecule has 0 aliphatic carbocycles. The lowest BCUT2D eigenvalue weighted by Gasteiger charge is -2.26. The van der Waals surface area contributed by atoms with E-state index in [2.05, 4.69) is 29.2 Å². The number of rotatable bonds is 3. The molecule has 0 saturated heterocycles. The average molecular weight is 309 g/mol. The van der Waals surface area contributed by atoms with Crippen LogP contribution in [-0.2, 0) is 0 Å². The first kappa shape index (κ1) is 13.5. The predicted molar refractivity (Wildman–Crippen MR) is 88.8 cm³/mol. The van der Waals surface area contributed by atoms with E-state index >= 15 is 0 Å². The summed E-state index contributed by atoms with van der Waals surface area (Å²) in [6.45, 7) is 0.586. The maximum absolute atomic E-state index is 6.00. The minimum atomic E-state index is 0.0545. The summed E-state index contributed by atoms with van der Waals surface area (Å²) in [5, 5.41) is 1.17. The molecule has 1 aliphatic heterocycles. The molecule has 3 aromatic rings. The Balaban J connectivity index is 1.49. The van der Waals surface area contributed by atoms with E-state index in [-0.39, 0.29) is 6.10 Å². The van der Waals surface area contributed by atoms with E-state index in [0.717, 1.165) is 22.8 Å². The van der Waals surface area contributed by atoms with Crippen LogP contribution in [0.1, 0.15) is 0 Å². The number of thioether (sulfide) groups is 1. The summed E-state index contributed by atoms with van der Waals surface area (Å²) in [6.07, 6.45) is 1.89. The zero-order valence-corrected chi connectivity index (χ0v) is 12.8. The lowest BCUT2D eigenvalue weighted by Crippen LogP contribution is -2.31. The second kappa shape index (κ2) is 5.89. The van der Waals surface area contributed by atoms with Crippen molar-refractivity contribution in [1.82, 2.24) is 4.98 Å². The standard InChI is InChI=1S/C18H15NO2S/c1-2-8-16-15(7-1)20-11-14(21-16)12-22-17-9-3-5-13-6-4-10-19-18(13)17/h1-10,14H,11-12H2. The smallest absolute Gasteiger partial charge is 0.161 e. The first-order valence-corrected chi connectivity index (χ1v) is 8.24. The predicted octanol–water partition coefficient (Wildman–Crippen LogP) is 4.17. The Morgan fingerprint density at radius 2 is 1.86 bits per heavy atom. The van der Waals surface area contributed by atoms with Crippen molar-refractivity contribution in [3.05, 3.63) is 60.8 Å². The van der Waals surface area contributed by atoms with Gasteiger partial charge in [-0.15, -0.1) is 11.8 Å². The first-order valence-electron chi connectivity index (χ1n) is 7.25. The van der Waals surface area contributed by atoms with Gasteiger partial charge < -0.3 is 9.47 Å². The fourth-order valence-corrected chi connectivity index (χ4v) is 3.53. The molecular weight excluding hydrogens is 294 g/mol. The molecule has 0 spiro atoms. The molecule has 22 heavy (non-hydrogen) atoms. The Morgan fingerprint density at radius 1 is 1.00 bits per heavy atom. The molecule has 1 aromatic heterocycles. The minimum absolute atomic E-state index is 0.0545. The van der Waals surface area contributed by atoms with Crippen molar-refractivity contribution >= 4 is 22.7 Å². The molecule has 0 fully saturated rings. The van der Waals surface area contributed by atoms with Crippen molar-refractivity contribution in [3.63, 3.8) is 0 Å². The summed E-state index contributed by atoms with van der Waals surface area (Å²) in [4.78, 5) is 5.67. The molecular formula is C18H15NO2S. The van der Waals surface area contributed by atoms with Gasteiger partial charge >= 0.3 is 0 Å². The molecule has 3 nitrogen and oxygen atoms in total. The molecule has 2 aromatic carbocycles. The molecule has 0 saturated carbocycles. The summed E-state index contributed by atoms with van der Waals surface area (Å²) in [5.41, 5.74) is 1.05. The highest BCUT2D eigenvalue weighted by Crippen LogP contribution is 2.33. The maximum atomic E-state index is 6.00. The van der Waals surface area contributed by atoms with Crippen molar-refractivity contribution in [2.45, 2.75) is 11.0 Å². The van der Waals surface area contributed by atoms with Gasteiger partial charge in [0.2, 0.25) is 0 Å². The van der Waals surface area contributed by atoms with Gasteiger partial charge in [-0.05, 0) is 24.3 Å². The number of fused-ring (bicyclic) bond motifs is 2. The molecule has 4 heteroatoms. The Labute approximate surface area is 133 Å². The van der Waals surface area contributed by atoms with E-state index in [1.807, 2.05) is 36.5 Å². The summed E-state index contributed by atoms with van der Waals surface area (Å²) in [5.74, 6) is 2.50. The summed E-state index contributed by atoms with van der Waals surface area (Å²) in [6, 6.07) is 18.1. The zero-order valence-electron chi connectivity index (χ0n) is 11.9. The number of para-hydroxylation sites is 3. The lowest BCUT2D eigenvalue weighted by molar-refractivity contribution is 0.107. The highest BCUT2D eigenvalue weighted by Gasteiger charge is 2.20. The van der Waals surface area contributed by atoms with Gasteiger partial charge in [-0.2, -0.15) is 0 Å². The Kier molecular flexibility index (Phi) is 3.60. The zero-order chi connectivity index (χ0) is 14.8. The van der Waals surface area contributed by atoms with Gasteiger partial charge in [0.25, 0.3) is 0 Å². The van der Waals surface area contributed by atoms with E-state index in [0.29, 0.717) is 6.61 Å². The number of benzene rings is 2. The fraction of sp³-hybridized carbons (Fsp3) is 0.167. The highest BCUT2D eigenvalue weighted by atomic mass is 32.2. The number of hydrogen-bond donors (Lipinski definition) is 0. The summed E-state index contributed by atoms with van der Waals surface area (Å²) in [7, 11) is 0. The SMILES string of the molecule is c1ccc2c(c1)OCC(CSc1cccc3cccnc13)O2. The van der Waals surface area contributed by atoms with Crippen LogP contribution in [0.3, 0.4) is 0 Å². The van der Waals surface area contributed by atoms with E-state index < -0.39 is 0 Å². The lowest BCUT2D eigenvalue weighted by atomic mass is 10.2. The van der Waals surface area contributed by atoms with Crippen LogP contribution < -0.4 is 9.47 Å². The van der Waals surface area contributed by atoms with Crippen molar-refractivity contribution in [2.24, 2.45) is 0 Å². The molecule has 0 bridgehead atoms. The van der Waals surface area contributed by atoms with Gasteiger partial charge in [-0.1, -0.05) is 30.3 Å². The molecule has 0 amide bonds. The van der Waals surface area contributed by atoms with Gasteiger partial charge in [0, 0.05) is 22.2 Å². The highest BCUT2D eigenvalue weighted by molar-refractivity contribution is 7.99. The third-order valence-corrected chi connectivity index (χ3v) is 4.77. The molecule has 110 valence electrons. The van der Waals surface area contributed by atoms with Gasteiger partial charge in [-0.25, -0.2) is 0 Å². The number of ether oxygens (including phenoxy) is 2. The molecule has 2 heterocycles. The van der Waals surface area contributed by atoms with Crippen LogP contribution in [0.5, 0.6) is 11.5 Å². The second-order valence-electron chi connectivity index (χ2n) is 5.14. The van der Waals surface area contributed by atoms with Gasteiger partial charge in [0.15, 0.2) is 11.5 Å². The largest absolute Gasteiger partial charge is 0.486 e. The van der Waals surface area contributed by atoms with Crippen LogP contribution in [0.4, 0.5) is 0 Å². The fourth-order valence-electron chi connectivity index (χ4n) is 2.52. The summed E-state index contributed by atoms with van der Waals surface area (Å²) >= 11 is 1.76. The van der Waals surface area contributed by atoms with Crippen LogP contribution in [-0.4, -0.2) is 23.4 Å². The third kappa shape index (κ3) is 2.62. The summed E-state index contributed by atoms with van der Waals surface area (Å²) < 4.78 is 11.8. The normalized spacial score (nSPS) is 16.6. The van der Waals surface area contributed by atoms with Gasteiger partial charge in [-0.3, -0.25) is 4.98 Å². The number of aromatic nitrogens is 1. The van der Waals surface area contributed by atoms with E-state index in [1.54, 1.807) is 11.8 Å². The molecule has 1 unspecified atom stereocenters. The Hall–Kier alpha value is -2.20. The third-order valence-electron chi connectivity index (χ3n) is 3.59. The Morgan fingerprint density at radius 3 is 2.82 bits per heavy atom. The molecule has 1 atom stereocenters. The van der Waals surface area contributed by atoms with E-state index in [1.165, 1.54) is 10.3 Å². The second-order valence-corrected chi connectivity index (χ2v) is 6.20. The van der Waals surface area contributed by atoms with Crippen LogP contribution >= 0.6 is 11.8 Å². The van der Waals surface area contributed by atoms with Crippen molar-refractivity contribution in [1.29, 1.82) is 0 Å². The Bertz CT molecular complexity index is 800. The van der Waals surface area contributed by atoms with Crippen LogP contribution in [0.25, 0.3) is 10.9 Å². The van der Waals surface area contributed by atoms with Crippen molar-refractivity contribution in [3.8, 4) is 11.5 Å². The van der Waals surface area contributed by atoms with Crippen LogP contribution in [0.2, 0.25) is 0 Å². The van der Waals surface area contributed by atoms with Crippen LogP contribution in [0.15, 0.2) is 65.7 Å². The number of pyridine rings is 1. The van der Waals surface area contributed by atoms with Crippen molar-refractivity contribution < 1.29 is 9.47 Å². The number of nitrogens with zero attached hydrogens (tertiary/aromatic N) is 1. The molecule has 4 rings (SSSR count). The average Bonchev–Trinajstić information content (AvgIpc) is 2.60. The van der Waals surface area contributed by atoms with Crippen molar-refractivity contribution in [2.75, 3.05) is 12.4 Å². The van der Waals surface area contributed by atoms with Crippen LogP contribution in [0, 0.1) is 0 Å². The molecule has 1 aliphatic rings. The van der Waals surface area contributed by atoms with Gasteiger partial charge in [0.1, 0.15) is 12.7 Å². The molecule has 0 N–H and O–H groups in total. The minimum Gasteiger partial charge on any atom is -0.486 e.